The van der Waals surface area contributed by atoms with Crippen LogP contribution in [0.3, 0.4) is 0 Å². The average Bonchev–Trinajstić information content (AvgIpc) is 3.51. The Bertz CT molecular complexity index is 1530. The maximum atomic E-state index is 13.6. The lowest BCUT2D eigenvalue weighted by Gasteiger charge is -2.29. The van der Waals surface area contributed by atoms with Gasteiger partial charge in [0.15, 0.2) is 0 Å². The summed E-state index contributed by atoms with van der Waals surface area (Å²) < 4.78 is 5.69. The Hall–Kier alpha value is -4.52. The summed E-state index contributed by atoms with van der Waals surface area (Å²) in [4.78, 5) is 30.8. The Morgan fingerprint density at radius 1 is 0.769 bits per heavy atom. The second-order valence-electron chi connectivity index (χ2n) is 9.91. The molecule has 0 bridgehead atoms. The molecule has 7 heteroatoms. The van der Waals surface area contributed by atoms with Crippen molar-refractivity contribution in [2.24, 2.45) is 10.2 Å². The van der Waals surface area contributed by atoms with E-state index in [0.29, 0.717) is 34.8 Å². The summed E-state index contributed by atoms with van der Waals surface area (Å²) in [5.41, 5.74) is 4.03. The van der Waals surface area contributed by atoms with Crippen LogP contribution in [0.15, 0.2) is 89.1 Å². The molecule has 0 saturated carbocycles. The molecule has 39 heavy (non-hydrogen) atoms. The fourth-order valence-corrected chi connectivity index (χ4v) is 5.28. The highest BCUT2D eigenvalue weighted by atomic mass is 16.5. The first-order valence-corrected chi connectivity index (χ1v) is 13.6. The zero-order chi connectivity index (χ0) is 26.8. The number of imide groups is 1. The molecular weight excluding hydrogens is 488 g/mol. The van der Waals surface area contributed by atoms with Gasteiger partial charge in [-0.1, -0.05) is 25.5 Å². The van der Waals surface area contributed by atoms with Crippen LogP contribution in [-0.2, 0) is 0 Å². The third-order valence-electron chi connectivity index (χ3n) is 7.32. The smallest absolute Gasteiger partial charge is 0.265 e. The molecule has 1 saturated heterocycles. The Labute approximate surface area is 227 Å². The molecule has 0 radical (unpaired) electrons. The van der Waals surface area contributed by atoms with Crippen LogP contribution in [0.5, 0.6) is 5.75 Å². The highest BCUT2D eigenvalue weighted by molar-refractivity contribution is 6.36. The van der Waals surface area contributed by atoms with Crippen molar-refractivity contribution in [2.45, 2.75) is 32.6 Å². The summed E-state index contributed by atoms with van der Waals surface area (Å²) in [6.45, 7) is 4.82. The molecular formula is C32H30N4O3. The van der Waals surface area contributed by atoms with Gasteiger partial charge in [-0.05, 0) is 86.0 Å². The summed E-state index contributed by atoms with van der Waals surface area (Å²) in [7, 11) is 0. The first-order valence-electron chi connectivity index (χ1n) is 13.6. The van der Waals surface area contributed by atoms with Gasteiger partial charge in [-0.3, -0.25) is 9.59 Å². The number of anilines is 2. The third-order valence-corrected chi connectivity index (χ3v) is 7.32. The van der Waals surface area contributed by atoms with Crippen LogP contribution < -0.4 is 14.5 Å². The highest BCUT2D eigenvalue weighted by Gasteiger charge is 2.35. The minimum atomic E-state index is -0.313. The summed E-state index contributed by atoms with van der Waals surface area (Å²) in [6.07, 6.45) is 4.43. The summed E-state index contributed by atoms with van der Waals surface area (Å²) in [5, 5.41) is 10.3. The zero-order valence-corrected chi connectivity index (χ0v) is 22.0. The average molecular weight is 519 g/mol. The quantitative estimate of drug-likeness (QED) is 0.135. The summed E-state index contributed by atoms with van der Waals surface area (Å²) in [6, 6.07) is 24.1. The van der Waals surface area contributed by atoms with E-state index in [1.54, 1.807) is 24.3 Å². The number of ether oxygens (including phenoxy) is 1. The van der Waals surface area contributed by atoms with Gasteiger partial charge in [0.05, 0.1) is 23.7 Å². The molecule has 7 nitrogen and oxygen atoms in total. The van der Waals surface area contributed by atoms with Gasteiger partial charge < -0.3 is 9.64 Å². The lowest BCUT2D eigenvalue weighted by atomic mass is 9.92. The predicted molar refractivity (Wildman–Crippen MR) is 154 cm³/mol. The molecule has 4 aromatic rings. The molecule has 2 amide bonds. The number of rotatable bonds is 8. The van der Waals surface area contributed by atoms with Gasteiger partial charge in [0.25, 0.3) is 11.8 Å². The number of amides is 2. The number of benzene rings is 4. The van der Waals surface area contributed by atoms with Gasteiger partial charge in [-0.25, -0.2) is 4.90 Å². The van der Waals surface area contributed by atoms with Crippen LogP contribution >= 0.6 is 0 Å². The Kier molecular flexibility index (Phi) is 6.80. The van der Waals surface area contributed by atoms with Crippen molar-refractivity contribution in [1.29, 1.82) is 0 Å². The minimum Gasteiger partial charge on any atom is -0.494 e. The molecule has 0 aliphatic carbocycles. The molecule has 0 atom stereocenters. The van der Waals surface area contributed by atoms with Crippen molar-refractivity contribution in [2.75, 3.05) is 29.5 Å². The monoisotopic (exact) mass is 518 g/mol. The van der Waals surface area contributed by atoms with Crippen LogP contribution in [-0.4, -0.2) is 31.5 Å². The highest BCUT2D eigenvalue weighted by Crippen LogP contribution is 2.38. The van der Waals surface area contributed by atoms with E-state index in [1.807, 2.05) is 54.6 Å². The molecule has 6 rings (SSSR count). The molecule has 4 aromatic carbocycles. The normalized spacial score (nSPS) is 15.1. The van der Waals surface area contributed by atoms with Crippen LogP contribution in [0.25, 0.3) is 10.8 Å². The standard InChI is InChI=1S/C32H30N4O3/c1-2-3-21-39-25-15-11-23(12-16-25)34-33-22-9-13-24(14-10-22)36-31(37)27-8-6-7-26-29(35-19-4-5-20-35)18-17-28(30(26)27)32(36)38/h6-18H,2-5,19-21H2,1H3. The zero-order valence-electron chi connectivity index (χ0n) is 22.0. The Morgan fingerprint density at radius 3 is 2.08 bits per heavy atom. The van der Waals surface area contributed by atoms with Crippen LogP contribution in [0.2, 0.25) is 0 Å². The van der Waals surface area contributed by atoms with Crippen molar-refractivity contribution < 1.29 is 14.3 Å². The minimum absolute atomic E-state index is 0.313. The van der Waals surface area contributed by atoms with E-state index in [0.717, 1.165) is 61.0 Å². The molecule has 0 unspecified atom stereocenters. The van der Waals surface area contributed by atoms with Gasteiger partial charge in [0.2, 0.25) is 0 Å². The fraction of sp³-hybridized carbons (Fsp3) is 0.250. The van der Waals surface area contributed by atoms with Gasteiger partial charge >= 0.3 is 0 Å². The van der Waals surface area contributed by atoms with Crippen LogP contribution in [0, 0.1) is 0 Å². The van der Waals surface area contributed by atoms with E-state index < -0.39 is 0 Å². The molecule has 2 aliphatic heterocycles. The van der Waals surface area contributed by atoms with E-state index in [4.69, 9.17) is 4.74 Å². The number of carbonyl (C=O) groups excluding carboxylic acids is 2. The van der Waals surface area contributed by atoms with Crippen molar-refractivity contribution >= 4 is 45.3 Å². The first kappa shape index (κ1) is 24.8. The topological polar surface area (TPSA) is 74.6 Å². The Morgan fingerprint density at radius 2 is 1.41 bits per heavy atom. The Balaban J connectivity index is 1.22. The van der Waals surface area contributed by atoms with E-state index >= 15 is 0 Å². The first-order chi connectivity index (χ1) is 19.1. The molecule has 0 spiro atoms. The van der Waals surface area contributed by atoms with E-state index in [9.17, 15) is 9.59 Å². The molecule has 196 valence electrons. The number of hydrogen-bond donors (Lipinski definition) is 0. The van der Waals surface area contributed by atoms with Crippen molar-refractivity contribution in [3.05, 3.63) is 90.0 Å². The van der Waals surface area contributed by atoms with Gasteiger partial charge in [0, 0.05) is 40.7 Å². The van der Waals surface area contributed by atoms with E-state index in [-0.39, 0.29) is 11.8 Å². The maximum absolute atomic E-state index is 13.6. The maximum Gasteiger partial charge on any atom is 0.265 e. The fourth-order valence-electron chi connectivity index (χ4n) is 5.28. The molecule has 0 aromatic heterocycles. The molecule has 2 aliphatic rings. The van der Waals surface area contributed by atoms with Gasteiger partial charge in [0.1, 0.15) is 5.75 Å². The lowest BCUT2D eigenvalue weighted by molar-refractivity contribution is 0.0893. The molecule has 2 heterocycles. The SMILES string of the molecule is CCCCOc1ccc(N=Nc2ccc(N3C(=O)c4cccc5c(N6CCCC6)ccc(c45)C3=O)cc2)cc1. The third kappa shape index (κ3) is 4.76. The molecule has 1 fully saturated rings. The molecule has 0 N–H and O–H groups in total. The largest absolute Gasteiger partial charge is 0.494 e. The number of nitrogens with zero attached hydrogens (tertiary/aromatic N) is 4. The van der Waals surface area contributed by atoms with Gasteiger partial charge in [-0.2, -0.15) is 10.2 Å². The number of azo groups is 1. The van der Waals surface area contributed by atoms with E-state index in [1.165, 1.54) is 4.90 Å². The van der Waals surface area contributed by atoms with Crippen molar-refractivity contribution in [3.63, 3.8) is 0 Å². The predicted octanol–water partition coefficient (Wildman–Crippen LogP) is 7.83. The second-order valence-corrected chi connectivity index (χ2v) is 9.91. The van der Waals surface area contributed by atoms with Crippen LogP contribution in [0.4, 0.5) is 22.7 Å². The number of hydrogen-bond acceptors (Lipinski definition) is 6. The second kappa shape index (κ2) is 10.7. The van der Waals surface area contributed by atoms with Crippen molar-refractivity contribution in [1.82, 2.24) is 0 Å². The summed E-state index contributed by atoms with van der Waals surface area (Å²) in [5.74, 6) is 0.187. The number of unbranched alkanes of at least 4 members (excludes halogenated alkanes) is 1. The lowest BCUT2D eigenvalue weighted by Crippen LogP contribution is -2.40. The van der Waals surface area contributed by atoms with Crippen LogP contribution in [0.1, 0.15) is 53.3 Å². The van der Waals surface area contributed by atoms with E-state index in [2.05, 4.69) is 22.1 Å². The van der Waals surface area contributed by atoms with Gasteiger partial charge in [-0.15, -0.1) is 0 Å². The summed E-state index contributed by atoms with van der Waals surface area (Å²) >= 11 is 0. The van der Waals surface area contributed by atoms with Crippen molar-refractivity contribution in [3.8, 4) is 5.75 Å². The number of carbonyl (C=O) groups is 2.